The average Bonchev–Trinajstić information content (AvgIpc) is 2.55. The van der Waals surface area contributed by atoms with Gasteiger partial charge in [-0.15, -0.1) is 0 Å². The highest BCUT2D eigenvalue weighted by Gasteiger charge is 2.34. The van der Waals surface area contributed by atoms with E-state index in [1.165, 1.54) is 64.3 Å². The van der Waals surface area contributed by atoms with Crippen molar-refractivity contribution >= 4 is 0 Å². The van der Waals surface area contributed by atoms with Gasteiger partial charge in [-0.05, 0) is 37.0 Å². The fraction of sp³-hybridized carbons (Fsp3) is 1.00. The number of rotatable bonds is 4. The summed E-state index contributed by atoms with van der Waals surface area (Å²) in [7, 11) is 0. The molecule has 3 rings (SSSR count). The van der Waals surface area contributed by atoms with E-state index in [1.54, 1.807) is 32.1 Å². The standard InChI is InChI=1S/C19H35N/c1-3-9-16(10-4-1)19(17-11-5-2-6-12-17)15-18-13-7-8-14-20-18/h16-20H,1-15H2/p+1/t18-/m0/s1. The molecule has 0 radical (unpaired) electrons. The van der Waals surface area contributed by atoms with Crippen LogP contribution < -0.4 is 5.32 Å². The highest BCUT2D eigenvalue weighted by molar-refractivity contribution is 4.83. The molecule has 0 aromatic heterocycles. The predicted octanol–water partition coefficient (Wildman–Crippen LogP) is 4.27. The Labute approximate surface area is 126 Å². The maximum atomic E-state index is 2.70. The molecular weight excluding hydrogens is 242 g/mol. The first-order valence-corrected chi connectivity index (χ1v) is 9.77. The summed E-state index contributed by atoms with van der Waals surface area (Å²) in [4.78, 5) is 0. The van der Waals surface area contributed by atoms with Gasteiger partial charge in [0.15, 0.2) is 0 Å². The minimum Gasteiger partial charge on any atom is -0.344 e. The monoisotopic (exact) mass is 278 g/mol. The third-order valence-corrected chi connectivity index (χ3v) is 6.61. The van der Waals surface area contributed by atoms with Crippen molar-refractivity contribution in [3.05, 3.63) is 0 Å². The quantitative estimate of drug-likeness (QED) is 0.791. The van der Waals surface area contributed by atoms with Crippen LogP contribution in [0.1, 0.15) is 89.9 Å². The van der Waals surface area contributed by atoms with Crippen molar-refractivity contribution in [2.45, 2.75) is 95.9 Å². The van der Waals surface area contributed by atoms with E-state index >= 15 is 0 Å². The van der Waals surface area contributed by atoms with Gasteiger partial charge < -0.3 is 5.32 Å². The van der Waals surface area contributed by atoms with Crippen molar-refractivity contribution in [3.8, 4) is 0 Å². The van der Waals surface area contributed by atoms with Crippen LogP contribution in [0.15, 0.2) is 0 Å². The second kappa shape index (κ2) is 7.82. The van der Waals surface area contributed by atoms with E-state index < -0.39 is 0 Å². The van der Waals surface area contributed by atoms with E-state index in [1.807, 2.05) is 0 Å². The van der Waals surface area contributed by atoms with Crippen LogP contribution in [-0.4, -0.2) is 12.6 Å². The zero-order valence-electron chi connectivity index (χ0n) is 13.5. The van der Waals surface area contributed by atoms with Gasteiger partial charge in [0.2, 0.25) is 0 Å². The summed E-state index contributed by atoms with van der Waals surface area (Å²) in [5.74, 6) is 3.29. The van der Waals surface area contributed by atoms with Gasteiger partial charge in [-0.2, -0.15) is 0 Å². The van der Waals surface area contributed by atoms with Gasteiger partial charge in [-0.25, -0.2) is 0 Å². The van der Waals surface area contributed by atoms with Gasteiger partial charge in [-0.1, -0.05) is 64.2 Å². The molecule has 2 N–H and O–H groups in total. The Balaban J connectivity index is 1.61. The maximum absolute atomic E-state index is 2.70. The minimum atomic E-state index is 0.984. The van der Waals surface area contributed by atoms with E-state index in [0.717, 1.165) is 23.8 Å². The molecule has 2 aliphatic carbocycles. The number of piperidine rings is 1. The molecule has 1 heterocycles. The smallest absolute Gasteiger partial charge is 0.0862 e. The Kier molecular flexibility index (Phi) is 5.82. The van der Waals surface area contributed by atoms with Crippen LogP contribution in [0.5, 0.6) is 0 Å². The lowest BCUT2D eigenvalue weighted by atomic mass is 9.67. The fourth-order valence-corrected chi connectivity index (χ4v) is 5.48. The Hall–Kier alpha value is -0.0400. The molecule has 116 valence electrons. The van der Waals surface area contributed by atoms with Crippen LogP contribution >= 0.6 is 0 Å². The van der Waals surface area contributed by atoms with Crippen molar-refractivity contribution < 1.29 is 5.32 Å². The van der Waals surface area contributed by atoms with Crippen molar-refractivity contribution in [2.24, 2.45) is 17.8 Å². The SMILES string of the molecule is C1CCC(C(C[C@@H]2CCCC[NH2+]2)C2CCCCC2)CC1. The Bertz CT molecular complexity index is 239. The molecular formula is C19H36N+. The first kappa shape index (κ1) is 14.9. The molecule has 0 unspecified atom stereocenters. The van der Waals surface area contributed by atoms with E-state index in [-0.39, 0.29) is 0 Å². The molecule has 0 spiro atoms. The van der Waals surface area contributed by atoms with Gasteiger partial charge in [0.25, 0.3) is 0 Å². The second-order valence-corrected chi connectivity index (χ2v) is 7.98. The first-order chi connectivity index (χ1) is 9.93. The molecule has 0 amide bonds. The van der Waals surface area contributed by atoms with Crippen LogP contribution in [0.3, 0.4) is 0 Å². The number of hydrogen-bond donors (Lipinski definition) is 1. The summed E-state index contributed by atoms with van der Waals surface area (Å²) in [6.07, 6.45) is 21.5. The molecule has 3 aliphatic rings. The lowest BCUT2D eigenvalue weighted by Crippen LogP contribution is -2.91. The van der Waals surface area contributed by atoms with Gasteiger partial charge in [0.1, 0.15) is 0 Å². The van der Waals surface area contributed by atoms with Crippen LogP contribution in [0.4, 0.5) is 0 Å². The molecule has 1 atom stereocenters. The van der Waals surface area contributed by atoms with Crippen LogP contribution in [0.2, 0.25) is 0 Å². The summed E-state index contributed by atoms with van der Waals surface area (Å²) in [5.41, 5.74) is 0. The lowest BCUT2D eigenvalue weighted by molar-refractivity contribution is -0.699. The number of hydrogen-bond acceptors (Lipinski definition) is 0. The van der Waals surface area contributed by atoms with Crippen molar-refractivity contribution in [1.82, 2.24) is 0 Å². The fourth-order valence-electron chi connectivity index (χ4n) is 5.48. The molecule has 0 aromatic rings. The van der Waals surface area contributed by atoms with Crippen molar-refractivity contribution in [2.75, 3.05) is 6.54 Å². The lowest BCUT2D eigenvalue weighted by Gasteiger charge is -2.39. The minimum absolute atomic E-state index is 0.984. The summed E-state index contributed by atoms with van der Waals surface area (Å²) in [6.45, 7) is 1.41. The molecule has 1 nitrogen and oxygen atoms in total. The molecule has 3 fully saturated rings. The van der Waals surface area contributed by atoms with E-state index in [2.05, 4.69) is 5.32 Å². The van der Waals surface area contributed by atoms with Gasteiger partial charge in [-0.3, -0.25) is 0 Å². The Morgan fingerprint density at radius 3 is 1.70 bits per heavy atom. The molecule has 20 heavy (non-hydrogen) atoms. The predicted molar refractivity (Wildman–Crippen MR) is 85.7 cm³/mol. The second-order valence-electron chi connectivity index (χ2n) is 7.98. The average molecular weight is 279 g/mol. The van der Waals surface area contributed by atoms with Gasteiger partial charge in [0, 0.05) is 6.42 Å². The molecule has 2 saturated carbocycles. The van der Waals surface area contributed by atoms with Crippen LogP contribution in [-0.2, 0) is 0 Å². The topological polar surface area (TPSA) is 16.6 Å². The zero-order chi connectivity index (χ0) is 13.6. The Morgan fingerprint density at radius 2 is 1.20 bits per heavy atom. The first-order valence-electron chi connectivity index (χ1n) is 9.77. The number of nitrogens with two attached hydrogens (primary N) is 1. The summed E-state index contributed by atoms with van der Waals surface area (Å²) < 4.78 is 0. The van der Waals surface area contributed by atoms with Crippen molar-refractivity contribution in [3.63, 3.8) is 0 Å². The van der Waals surface area contributed by atoms with Gasteiger partial charge in [0.05, 0.1) is 12.6 Å². The molecule has 0 aromatic carbocycles. The zero-order valence-corrected chi connectivity index (χ0v) is 13.5. The Morgan fingerprint density at radius 1 is 0.650 bits per heavy atom. The highest BCUT2D eigenvalue weighted by atomic mass is 14.9. The van der Waals surface area contributed by atoms with Crippen LogP contribution in [0, 0.1) is 17.8 Å². The summed E-state index contributed by atoms with van der Waals surface area (Å²) >= 11 is 0. The highest BCUT2D eigenvalue weighted by Crippen LogP contribution is 2.42. The van der Waals surface area contributed by atoms with E-state index in [4.69, 9.17) is 0 Å². The third-order valence-electron chi connectivity index (χ3n) is 6.61. The van der Waals surface area contributed by atoms with Crippen LogP contribution in [0.25, 0.3) is 0 Å². The summed E-state index contributed by atoms with van der Waals surface area (Å²) in [6, 6.07) is 0.984. The molecule has 0 bridgehead atoms. The maximum Gasteiger partial charge on any atom is 0.0862 e. The third kappa shape index (κ3) is 4.00. The molecule has 1 heteroatoms. The van der Waals surface area contributed by atoms with E-state index in [0.29, 0.717) is 0 Å². The molecule has 1 aliphatic heterocycles. The van der Waals surface area contributed by atoms with Crippen molar-refractivity contribution in [1.29, 1.82) is 0 Å². The van der Waals surface area contributed by atoms with E-state index in [9.17, 15) is 0 Å². The van der Waals surface area contributed by atoms with Gasteiger partial charge >= 0.3 is 0 Å². The molecule has 1 saturated heterocycles. The largest absolute Gasteiger partial charge is 0.344 e. The normalized spacial score (nSPS) is 30.8. The number of quaternary nitrogens is 1. The summed E-state index contributed by atoms with van der Waals surface area (Å²) in [5, 5.41) is 2.70.